The maximum Gasteiger partial charge on any atom is 0.159 e. The first kappa shape index (κ1) is 20.4. The van der Waals surface area contributed by atoms with Gasteiger partial charge in [-0.1, -0.05) is 41.7 Å². The second-order valence-corrected chi connectivity index (χ2v) is 8.81. The lowest BCUT2D eigenvalue weighted by atomic mass is 10.0. The van der Waals surface area contributed by atoms with Crippen LogP contribution in [0.1, 0.15) is 22.7 Å². The fraction of sp³-hybridized carbons (Fsp3) is 0.154. The van der Waals surface area contributed by atoms with E-state index in [0.29, 0.717) is 5.56 Å². The molecule has 0 N–H and O–H groups in total. The molecule has 0 aliphatic carbocycles. The van der Waals surface area contributed by atoms with Gasteiger partial charge in [0.2, 0.25) is 0 Å². The monoisotopic (exact) mass is 440 g/mol. The fourth-order valence-corrected chi connectivity index (χ4v) is 4.54. The maximum absolute atomic E-state index is 13.5. The van der Waals surface area contributed by atoms with Crippen LogP contribution in [0.3, 0.4) is 0 Å². The van der Waals surface area contributed by atoms with E-state index >= 15 is 0 Å². The van der Waals surface area contributed by atoms with Crippen LogP contribution in [-0.4, -0.2) is 20.2 Å². The number of fused-ring (bicyclic) bond motifs is 1. The Morgan fingerprint density at radius 3 is 2.50 bits per heavy atom. The molecule has 3 heterocycles. The van der Waals surface area contributed by atoms with Crippen LogP contribution in [0.25, 0.3) is 32.7 Å². The number of hydrogen-bond donors (Lipinski definition) is 0. The summed E-state index contributed by atoms with van der Waals surface area (Å²) < 4.78 is 13.5. The number of benzene rings is 2. The van der Waals surface area contributed by atoms with Crippen molar-refractivity contribution in [3.63, 3.8) is 0 Å². The number of pyridine rings is 2. The standard InChI is InChI=1S/C26H21FN4S/c1-17-16-21(12-14-23(17)27)18-7-9-20(10-8-18)26-31-30-24(32-26)6-2-5-22-13-11-19-4-3-15-28-25(19)29-22/h3-4,7-16H,2,5-6H2,1H3. The molecule has 3 aromatic heterocycles. The lowest BCUT2D eigenvalue weighted by Crippen LogP contribution is -1.94. The van der Waals surface area contributed by atoms with Crippen LogP contribution in [0, 0.1) is 12.7 Å². The average Bonchev–Trinajstić information content (AvgIpc) is 3.30. The minimum atomic E-state index is -0.181. The summed E-state index contributed by atoms with van der Waals surface area (Å²) >= 11 is 1.63. The summed E-state index contributed by atoms with van der Waals surface area (Å²) in [7, 11) is 0. The molecule has 0 aliphatic heterocycles. The summed E-state index contributed by atoms with van der Waals surface area (Å²) in [5, 5.41) is 11.7. The molecule has 6 heteroatoms. The summed E-state index contributed by atoms with van der Waals surface area (Å²) in [4.78, 5) is 8.97. The van der Waals surface area contributed by atoms with Gasteiger partial charge >= 0.3 is 0 Å². The molecule has 5 aromatic rings. The molecule has 0 saturated heterocycles. The van der Waals surface area contributed by atoms with Crippen LogP contribution >= 0.6 is 11.3 Å². The van der Waals surface area contributed by atoms with Crippen molar-refractivity contribution in [2.75, 3.05) is 0 Å². The van der Waals surface area contributed by atoms with Crippen molar-refractivity contribution in [3.05, 3.63) is 95.0 Å². The van der Waals surface area contributed by atoms with Crippen molar-refractivity contribution < 1.29 is 4.39 Å². The average molecular weight is 441 g/mol. The van der Waals surface area contributed by atoms with Crippen molar-refractivity contribution in [2.24, 2.45) is 0 Å². The number of halogens is 1. The SMILES string of the molecule is Cc1cc(-c2ccc(-c3nnc(CCCc4ccc5cccnc5n4)s3)cc2)ccc1F. The Morgan fingerprint density at radius 2 is 1.66 bits per heavy atom. The topological polar surface area (TPSA) is 51.6 Å². The van der Waals surface area contributed by atoms with Gasteiger partial charge in [-0.2, -0.15) is 0 Å². The van der Waals surface area contributed by atoms with Crippen molar-refractivity contribution in [1.82, 2.24) is 20.2 Å². The Labute approximate surface area is 189 Å². The van der Waals surface area contributed by atoms with Gasteiger partial charge in [-0.15, -0.1) is 10.2 Å². The quantitative estimate of drug-likeness (QED) is 0.305. The fourth-order valence-electron chi connectivity index (χ4n) is 3.65. The van der Waals surface area contributed by atoms with E-state index in [1.165, 1.54) is 6.07 Å². The third kappa shape index (κ3) is 4.41. The highest BCUT2D eigenvalue weighted by atomic mass is 32.1. The highest BCUT2D eigenvalue weighted by Crippen LogP contribution is 2.28. The summed E-state index contributed by atoms with van der Waals surface area (Å²) in [6, 6.07) is 21.5. The van der Waals surface area contributed by atoms with Crippen molar-refractivity contribution in [3.8, 4) is 21.7 Å². The first-order valence-electron chi connectivity index (χ1n) is 10.6. The van der Waals surface area contributed by atoms with Crippen molar-refractivity contribution >= 4 is 22.4 Å². The molecule has 0 fully saturated rings. The largest absolute Gasteiger partial charge is 0.237 e. The van der Waals surface area contributed by atoms with E-state index in [1.807, 2.05) is 42.5 Å². The zero-order valence-corrected chi connectivity index (χ0v) is 18.4. The second kappa shape index (κ2) is 8.93. The van der Waals surface area contributed by atoms with E-state index in [1.54, 1.807) is 30.5 Å². The minimum Gasteiger partial charge on any atom is -0.237 e. The Bertz CT molecular complexity index is 1380. The Morgan fingerprint density at radius 1 is 0.844 bits per heavy atom. The molecular formula is C26H21FN4S. The molecule has 158 valence electrons. The van der Waals surface area contributed by atoms with E-state index in [2.05, 4.69) is 32.3 Å². The summed E-state index contributed by atoms with van der Waals surface area (Å²) in [6.07, 6.45) is 4.48. The maximum atomic E-state index is 13.5. The molecule has 0 spiro atoms. The molecule has 0 saturated carbocycles. The number of aryl methyl sites for hydroxylation is 3. The van der Waals surface area contributed by atoms with Crippen molar-refractivity contribution in [2.45, 2.75) is 26.2 Å². The van der Waals surface area contributed by atoms with Crippen LogP contribution < -0.4 is 0 Å². The molecule has 4 nitrogen and oxygen atoms in total. The minimum absolute atomic E-state index is 0.181. The molecule has 5 rings (SSSR count). The molecule has 0 bridgehead atoms. The molecular weight excluding hydrogens is 419 g/mol. The molecule has 0 aliphatic rings. The zero-order chi connectivity index (χ0) is 21.9. The predicted molar refractivity (Wildman–Crippen MR) is 127 cm³/mol. The molecule has 0 atom stereocenters. The lowest BCUT2D eigenvalue weighted by molar-refractivity contribution is 0.619. The molecule has 0 amide bonds. The smallest absolute Gasteiger partial charge is 0.159 e. The van der Waals surface area contributed by atoms with E-state index in [0.717, 1.165) is 62.7 Å². The highest BCUT2D eigenvalue weighted by molar-refractivity contribution is 7.14. The first-order chi connectivity index (χ1) is 15.7. The van der Waals surface area contributed by atoms with Crippen LogP contribution in [0.4, 0.5) is 4.39 Å². The van der Waals surface area contributed by atoms with Gasteiger partial charge in [-0.3, -0.25) is 0 Å². The van der Waals surface area contributed by atoms with Gasteiger partial charge in [0.15, 0.2) is 5.65 Å². The Balaban J connectivity index is 1.22. The summed E-state index contributed by atoms with van der Waals surface area (Å²) in [5.41, 5.74) is 5.59. The van der Waals surface area contributed by atoms with Gasteiger partial charge in [0.05, 0.1) is 0 Å². The van der Waals surface area contributed by atoms with Gasteiger partial charge < -0.3 is 0 Å². The molecule has 32 heavy (non-hydrogen) atoms. The number of hydrogen-bond acceptors (Lipinski definition) is 5. The predicted octanol–water partition coefficient (Wildman–Crippen LogP) is 6.44. The van der Waals surface area contributed by atoms with Gasteiger partial charge in [-0.25, -0.2) is 14.4 Å². The van der Waals surface area contributed by atoms with E-state index in [9.17, 15) is 4.39 Å². The van der Waals surface area contributed by atoms with E-state index in [-0.39, 0.29) is 5.82 Å². The molecule has 0 unspecified atom stereocenters. The van der Waals surface area contributed by atoms with Crippen LogP contribution in [0.15, 0.2) is 72.9 Å². The van der Waals surface area contributed by atoms with Crippen LogP contribution in [-0.2, 0) is 12.8 Å². The Kier molecular flexibility index (Phi) is 5.69. The van der Waals surface area contributed by atoms with Gasteiger partial charge in [0.1, 0.15) is 15.8 Å². The third-order valence-electron chi connectivity index (χ3n) is 5.44. The summed E-state index contributed by atoms with van der Waals surface area (Å²) in [5.74, 6) is -0.181. The number of rotatable bonds is 6. The first-order valence-corrected chi connectivity index (χ1v) is 11.4. The molecule has 0 radical (unpaired) electrons. The van der Waals surface area contributed by atoms with Gasteiger partial charge in [-0.05, 0) is 72.9 Å². The van der Waals surface area contributed by atoms with Crippen molar-refractivity contribution in [1.29, 1.82) is 0 Å². The zero-order valence-electron chi connectivity index (χ0n) is 17.6. The third-order valence-corrected chi connectivity index (χ3v) is 6.47. The van der Waals surface area contributed by atoms with Crippen LogP contribution in [0.2, 0.25) is 0 Å². The van der Waals surface area contributed by atoms with Crippen LogP contribution in [0.5, 0.6) is 0 Å². The highest BCUT2D eigenvalue weighted by Gasteiger charge is 2.09. The van der Waals surface area contributed by atoms with Gasteiger partial charge in [0.25, 0.3) is 0 Å². The Hall–Kier alpha value is -3.51. The van der Waals surface area contributed by atoms with E-state index in [4.69, 9.17) is 0 Å². The van der Waals surface area contributed by atoms with E-state index < -0.39 is 0 Å². The summed E-state index contributed by atoms with van der Waals surface area (Å²) in [6.45, 7) is 1.78. The lowest BCUT2D eigenvalue weighted by Gasteiger charge is -2.05. The number of aromatic nitrogens is 4. The molecule has 2 aromatic carbocycles. The number of nitrogens with zero attached hydrogens (tertiary/aromatic N) is 4. The normalized spacial score (nSPS) is 11.2. The second-order valence-electron chi connectivity index (χ2n) is 7.75. The van der Waals surface area contributed by atoms with Gasteiger partial charge in [0, 0.05) is 29.3 Å².